The number of nitrogens with one attached hydrogen (secondary N) is 1. The molecule has 0 atom stereocenters. The van der Waals surface area contributed by atoms with E-state index >= 15 is 0 Å². The van der Waals surface area contributed by atoms with Gasteiger partial charge in [0.25, 0.3) is 0 Å². The van der Waals surface area contributed by atoms with Crippen LogP contribution in [0.1, 0.15) is 25.7 Å². The molecule has 1 fully saturated rings. The van der Waals surface area contributed by atoms with Crippen molar-refractivity contribution in [3.63, 3.8) is 0 Å². The van der Waals surface area contributed by atoms with Crippen LogP contribution in [-0.2, 0) is 9.59 Å². The lowest BCUT2D eigenvalue weighted by molar-refractivity contribution is -0.134. The van der Waals surface area contributed by atoms with E-state index in [1.165, 1.54) is 0 Å². The summed E-state index contributed by atoms with van der Waals surface area (Å²) < 4.78 is 5.37. The van der Waals surface area contributed by atoms with Gasteiger partial charge in [-0.1, -0.05) is 6.42 Å². The van der Waals surface area contributed by atoms with Gasteiger partial charge in [0.15, 0.2) is 0 Å². The Morgan fingerprint density at radius 1 is 1.23 bits per heavy atom. The van der Waals surface area contributed by atoms with E-state index in [0.29, 0.717) is 37.6 Å². The van der Waals surface area contributed by atoms with Crippen LogP contribution in [0.3, 0.4) is 0 Å². The van der Waals surface area contributed by atoms with Gasteiger partial charge in [0.2, 0.25) is 11.8 Å². The molecule has 22 heavy (non-hydrogen) atoms. The van der Waals surface area contributed by atoms with E-state index in [0.717, 1.165) is 19.3 Å². The summed E-state index contributed by atoms with van der Waals surface area (Å²) in [4.78, 5) is 25.5. The number of carbonyl (C=O) groups excluding carboxylic acids is 2. The van der Waals surface area contributed by atoms with E-state index < -0.39 is 0 Å². The van der Waals surface area contributed by atoms with Crippen LogP contribution in [-0.4, -0.2) is 43.0 Å². The summed E-state index contributed by atoms with van der Waals surface area (Å²) >= 11 is 0. The topological polar surface area (TPSA) is 84.7 Å². The number of likely N-dealkylation sites (tertiary alicyclic amines) is 1. The lowest BCUT2D eigenvalue weighted by Crippen LogP contribution is -2.37. The molecule has 6 nitrogen and oxygen atoms in total. The van der Waals surface area contributed by atoms with E-state index in [1.807, 2.05) is 0 Å². The molecule has 1 saturated heterocycles. The van der Waals surface area contributed by atoms with E-state index in [2.05, 4.69) is 5.32 Å². The summed E-state index contributed by atoms with van der Waals surface area (Å²) in [6, 6.07) is 7.10. The zero-order valence-electron chi connectivity index (χ0n) is 12.7. The van der Waals surface area contributed by atoms with Crippen LogP contribution in [0.25, 0.3) is 0 Å². The third-order valence-electron chi connectivity index (χ3n) is 3.53. The van der Waals surface area contributed by atoms with Gasteiger partial charge in [-0.25, -0.2) is 0 Å². The first-order valence-corrected chi connectivity index (χ1v) is 7.69. The van der Waals surface area contributed by atoms with E-state index in [4.69, 9.17) is 10.5 Å². The predicted octanol–water partition coefficient (Wildman–Crippen LogP) is 1.37. The van der Waals surface area contributed by atoms with Crippen molar-refractivity contribution in [1.82, 2.24) is 4.90 Å². The van der Waals surface area contributed by atoms with Gasteiger partial charge in [-0.2, -0.15) is 0 Å². The number of benzene rings is 1. The van der Waals surface area contributed by atoms with Crippen molar-refractivity contribution in [3.05, 3.63) is 24.3 Å². The first-order chi connectivity index (χ1) is 10.7. The molecule has 1 aromatic rings. The third kappa shape index (κ3) is 5.04. The van der Waals surface area contributed by atoms with Crippen molar-refractivity contribution < 1.29 is 14.3 Å². The summed E-state index contributed by atoms with van der Waals surface area (Å²) in [6.07, 6.45) is 3.47. The van der Waals surface area contributed by atoms with E-state index in [9.17, 15) is 9.59 Å². The smallest absolute Gasteiger partial charge is 0.243 e. The van der Waals surface area contributed by atoms with Gasteiger partial charge in [-0.05, 0) is 37.1 Å². The lowest BCUT2D eigenvalue weighted by Gasteiger charge is -2.19. The van der Waals surface area contributed by atoms with Crippen molar-refractivity contribution in [2.45, 2.75) is 25.7 Å². The molecule has 120 valence electrons. The number of nitrogens with two attached hydrogens (primary N) is 1. The van der Waals surface area contributed by atoms with E-state index in [-0.39, 0.29) is 18.4 Å². The maximum absolute atomic E-state index is 12.0. The molecule has 0 radical (unpaired) electrons. The Morgan fingerprint density at radius 2 is 2.00 bits per heavy atom. The van der Waals surface area contributed by atoms with Crippen LogP contribution < -0.4 is 15.8 Å². The molecule has 1 aromatic carbocycles. The Bertz CT molecular complexity index is 502. The van der Waals surface area contributed by atoms with Crippen LogP contribution in [0.2, 0.25) is 0 Å². The van der Waals surface area contributed by atoms with Crippen LogP contribution in [0.15, 0.2) is 24.3 Å². The number of nitrogens with zero attached hydrogens (tertiary/aromatic N) is 1. The highest BCUT2D eigenvalue weighted by atomic mass is 16.5. The van der Waals surface area contributed by atoms with Gasteiger partial charge in [0.05, 0.1) is 6.54 Å². The van der Waals surface area contributed by atoms with Crippen molar-refractivity contribution in [1.29, 1.82) is 0 Å². The minimum atomic E-state index is -0.175. The van der Waals surface area contributed by atoms with Crippen molar-refractivity contribution in [3.8, 4) is 5.75 Å². The number of hydrogen-bond acceptors (Lipinski definition) is 4. The van der Waals surface area contributed by atoms with Gasteiger partial charge >= 0.3 is 0 Å². The molecule has 1 aliphatic heterocycles. The first kappa shape index (κ1) is 16.3. The second-order valence-electron chi connectivity index (χ2n) is 5.34. The Balaban J connectivity index is 1.84. The second-order valence-corrected chi connectivity index (χ2v) is 5.34. The summed E-state index contributed by atoms with van der Waals surface area (Å²) in [5.41, 5.74) is 6.06. The quantitative estimate of drug-likeness (QED) is 0.831. The van der Waals surface area contributed by atoms with Gasteiger partial charge < -0.3 is 20.7 Å². The summed E-state index contributed by atoms with van der Waals surface area (Å²) in [7, 11) is 0. The molecule has 0 aromatic heterocycles. The van der Waals surface area contributed by atoms with Crippen LogP contribution in [0, 0.1) is 0 Å². The number of amides is 2. The number of hydrogen-bond donors (Lipinski definition) is 2. The number of carbonyl (C=O) groups is 2. The Kier molecular flexibility index (Phi) is 6.21. The molecule has 0 aliphatic carbocycles. The highest BCUT2D eigenvalue weighted by molar-refractivity contribution is 5.94. The molecule has 0 saturated carbocycles. The van der Waals surface area contributed by atoms with Crippen molar-refractivity contribution in [2.75, 3.05) is 31.6 Å². The third-order valence-corrected chi connectivity index (χ3v) is 3.53. The maximum Gasteiger partial charge on any atom is 0.243 e. The fraction of sp³-hybridized carbons (Fsp3) is 0.500. The molecule has 0 bridgehead atoms. The monoisotopic (exact) mass is 305 g/mol. The highest BCUT2D eigenvalue weighted by Gasteiger charge is 2.19. The van der Waals surface area contributed by atoms with Gasteiger partial charge in [0, 0.05) is 25.2 Å². The van der Waals surface area contributed by atoms with Crippen molar-refractivity contribution in [2.24, 2.45) is 5.73 Å². The largest absolute Gasteiger partial charge is 0.492 e. The van der Waals surface area contributed by atoms with Gasteiger partial charge in [-0.15, -0.1) is 0 Å². The number of rotatable bonds is 6. The number of anilines is 1. The summed E-state index contributed by atoms with van der Waals surface area (Å²) in [5, 5.41) is 2.80. The molecule has 2 rings (SSSR count). The van der Waals surface area contributed by atoms with Crippen LogP contribution in [0.4, 0.5) is 5.69 Å². The SMILES string of the molecule is NCCOc1ccc(NC(=O)CN2CCCCCC2=O)cc1. The minimum Gasteiger partial charge on any atom is -0.492 e. The standard InChI is InChI=1S/C16H23N3O3/c17-9-11-22-14-7-5-13(6-8-14)18-15(20)12-19-10-3-1-2-4-16(19)21/h5-8H,1-4,9-12,17H2,(H,18,20). The normalized spacial score (nSPS) is 15.3. The zero-order valence-corrected chi connectivity index (χ0v) is 12.7. The maximum atomic E-state index is 12.0. The average molecular weight is 305 g/mol. The molecule has 3 N–H and O–H groups in total. The highest BCUT2D eigenvalue weighted by Crippen LogP contribution is 2.16. The zero-order chi connectivity index (χ0) is 15.8. The first-order valence-electron chi connectivity index (χ1n) is 7.69. The van der Waals surface area contributed by atoms with Gasteiger partial charge in [-0.3, -0.25) is 9.59 Å². The van der Waals surface area contributed by atoms with E-state index in [1.54, 1.807) is 29.2 Å². The summed E-state index contributed by atoms with van der Waals surface area (Å²) in [5.74, 6) is 0.607. The molecule has 1 aliphatic rings. The van der Waals surface area contributed by atoms with Gasteiger partial charge in [0.1, 0.15) is 12.4 Å². The molecule has 6 heteroatoms. The molecular weight excluding hydrogens is 282 g/mol. The molecule has 0 spiro atoms. The molecule has 2 amide bonds. The predicted molar refractivity (Wildman–Crippen MR) is 84.7 cm³/mol. The Morgan fingerprint density at radius 3 is 2.73 bits per heavy atom. The molecule has 0 unspecified atom stereocenters. The number of ether oxygens (including phenoxy) is 1. The Labute approximate surface area is 130 Å². The molecular formula is C16H23N3O3. The summed E-state index contributed by atoms with van der Waals surface area (Å²) in [6.45, 7) is 1.70. The minimum absolute atomic E-state index is 0.0678. The lowest BCUT2D eigenvalue weighted by atomic mass is 10.2. The average Bonchev–Trinajstić information content (AvgIpc) is 2.71. The van der Waals surface area contributed by atoms with Crippen LogP contribution in [0.5, 0.6) is 5.75 Å². The van der Waals surface area contributed by atoms with Crippen LogP contribution >= 0.6 is 0 Å². The fourth-order valence-electron chi connectivity index (χ4n) is 2.39. The van der Waals surface area contributed by atoms with Crippen molar-refractivity contribution >= 4 is 17.5 Å². The Hall–Kier alpha value is -2.08. The fourth-order valence-corrected chi connectivity index (χ4v) is 2.39. The second kappa shape index (κ2) is 8.38. The molecule has 1 heterocycles.